The fourth-order valence-corrected chi connectivity index (χ4v) is 4.50. The first-order valence-corrected chi connectivity index (χ1v) is 9.63. The molecule has 2 aromatic carbocycles. The van der Waals surface area contributed by atoms with Crippen LogP contribution in [0.2, 0.25) is 0 Å². The van der Waals surface area contributed by atoms with Crippen LogP contribution in [0.5, 0.6) is 11.5 Å². The molecule has 0 N–H and O–H groups in total. The topological polar surface area (TPSA) is 18.5 Å². The number of benzene rings is 2. The van der Waals surface area contributed by atoms with Gasteiger partial charge >= 0.3 is 0 Å². The number of methoxy groups -OCH3 is 1. The molecule has 25 heavy (non-hydrogen) atoms. The van der Waals surface area contributed by atoms with Crippen molar-refractivity contribution < 1.29 is 9.47 Å². The third-order valence-corrected chi connectivity index (χ3v) is 6.30. The highest BCUT2D eigenvalue weighted by atomic mass is 79.9. The molecular weight excluding hydrogens is 376 g/mol. The molecule has 0 saturated heterocycles. The van der Waals surface area contributed by atoms with Crippen molar-refractivity contribution in [2.24, 2.45) is 0 Å². The predicted molar refractivity (Wildman–Crippen MR) is 107 cm³/mol. The minimum atomic E-state index is -0.312. The summed E-state index contributed by atoms with van der Waals surface area (Å²) in [5.41, 5.74) is 5.83. The largest absolute Gasteiger partial charge is 0.496 e. The molecule has 2 nitrogen and oxygen atoms in total. The number of hydrogen-bond donors (Lipinski definition) is 0. The molecule has 1 heterocycles. The molecule has 0 spiro atoms. The maximum atomic E-state index is 6.43. The van der Waals surface area contributed by atoms with Gasteiger partial charge in [0, 0.05) is 11.1 Å². The molecular formula is C22H27BrO2. The zero-order valence-corrected chi connectivity index (χ0v) is 17.7. The van der Waals surface area contributed by atoms with Gasteiger partial charge in [0.05, 0.1) is 17.5 Å². The van der Waals surface area contributed by atoms with Crippen LogP contribution >= 0.6 is 15.9 Å². The molecule has 0 fully saturated rings. The van der Waals surface area contributed by atoms with E-state index >= 15 is 0 Å². The summed E-state index contributed by atoms with van der Waals surface area (Å²) in [5.74, 6) is 2.61. The van der Waals surface area contributed by atoms with E-state index in [1.807, 2.05) is 0 Å². The molecule has 1 unspecified atom stereocenters. The molecule has 2 aromatic rings. The molecule has 1 aliphatic heterocycles. The Morgan fingerprint density at radius 1 is 1.08 bits per heavy atom. The Kier molecular flexibility index (Phi) is 4.65. The summed E-state index contributed by atoms with van der Waals surface area (Å²) in [7, 11) is 1.74. The van der Waals surface area contributed by atoms with Gasteiger partial charge in [0.25, 0.3) is 0 Å². The minimum absolute atomic E-state index is 0.175. The molecule has 0 radical (unpaired) electrons. The highest BCUT2D eigenvalue weighted by molar-refractivity contribution is 9.10. The van der Waals surface area contributed by atoms with Gasteiger partial charge in [0.2, 0.25) is 0 Å². The normalized spacial score (nSPS) is 18.2. The minimum Gasteiger partial charge on any atom is -0.496 e. The van der Waals surface area contributed by atoms with Crippen molar-refractivity contribution in [3.05, 3.63) is 56.6 Å². The van der Waals surface area contributed by atoms with E-state index in [1.54, 1.807) is 7.11 Å². The molecule has 1 atom stereocenters. The van der Waals surface area contributed by atoms with E-state index in [1.165, 1.54) is 22.3 Å². The van der Waals surface area contributed by atoms with Gasteiger partial charge in [-0.2, -0.15) is 0 Å². The molecule has 0 aliphatic carbocycles. The second kappa shape index (κ2) is 6.35. The molecule has 134 valence electrons. The van der Waals surface area contributed by atoms with Gasteiger partial charge in [-0.1, -0.05) is 38.1 Å². The lowest BCUT2D eigenvalue weighted by Gasteiger charge is -2.27. The van der Waals surface area contributed by atoms with E-state index in [4.69, 9.17) is 9.47 Å². The summed E-state index contributed by atoms with van der Waals surface area (Å²) in [4.78, 5) is 0. The van der Waals surface area contributed by atoms with Crippen LogP contribution in [0, 0.1) is 13.8 Å². The lowest BCUT2D eigenvalue weighted by molar-refractivity contribution is 0.121. The quantitative estimate of drug-likeness (QED) is 0.582. The molecule has 3 heteroatoms. The van der Waals surface area contributed by atoms with E-state index in [2.05, 4.69) is 81.7 Å². The smallest absolute Gasteiger partial charge is 0.139 e. The van der Waals surface area contributed by atoms with Crippen molar-refractivity contribution in [2.45, 2.75) is 59.0 Å². The van der Waals surface area contributed by atoms with Gasteiger partial charge in [0.15, 0.2) is 0 Å². The van der Waals surface area contributed by atoms with Crippen LogP contribution in [0.4, 0.5) is 0 Å². The fourth-order valence-electron chi connectivity index (χ4n) is 4.03. The van der Waals surface area contributed by atoms with Crippen molar-refractivity contribution in [1.29, 1.82) is 0 Å². The van der Waals surface area contributed by atoms with Crippen LogP contribution in [-0.4, -0.2) is 12.7 Å². The van der Waals surface area contributed by atoms with Crippen molar-refractivity contribution in [3.8, 4) is 11.5 Å². The molecule has 0 aromatic heterocycles. The summed E-state index contributed by atoms with van der Waals surface area (Å²) in [5, 5.41) is 0. The van der Waals surface area contributed by atoms with E-state index in [-0.39, 0.29) is 11.5 Å². The molecule has 0 saturated carbocycles. The Balaban J connectivity index is 2.21. The summed E-state index contributed by atoms with van der Waals surface area (Å²) in [6.45, 7) is 13.0. The average Bonchev–Trinajstić information content (AvgIpc) is 2.85. The Bertz CT molecular complexity index is 804. The Hall–Kier alpha value is -1.48. The first-order chi connectivity index (χ1) is 11.7. The number of hydrogen-bond acceptors (Lipinski definition) is 2. The SMILES string of the molecule is COc1c(C)c(Br)c2c(c1C)C(c1ccc(C(C)C)cc1)C(C)(C)O2. The first kappa shape index (κ1) is 18.3. The maximum Gasteiger partial charge on any atom is 0.139 e. The predicted octanol–water partition coefficient (Wildman–Crippen LogP) is 6.50. The van der Waals surface area contributed by atoms with Crippen molar-refractivity contribution in [2.75, 3.05) is 7.11 Å². The monoisotopic (exact) mass is 402 g/mol. The van der Waals surface area contributed by atoms with Crippen LogP contribution in [-0.2, 0) is 0 Å². The number of halogens is 1. The van der Waals surface area contributed by atoms with Crippen LogP contribution in [0.25, 0.3) is 0 Å². The standard InChI is InChI=1S/C22H27BrO2/c1-12(2)15-8-10-16(11-9-15)18-17-13(3)20(24-7)14(4)19(23)21(17)25-22(18,5)6/h8-12,18H,1-7H3. The van der Waals surface area contributed by atoms with Crippen molar-refractivity contribution in [3.63, 3.8) is 0 Å². The van der Waals surface area contributed by atoms with Crippen LogP contribution < -0.4 is 9.47 Å². The van der Waals surface area contributed by atoms with Crippen LogP contribution in [0.1, 0.15) is 67.3 Å². The van der Waals surface area contributed by atoms with Gasteiger partial charge in [-0.25, -0.2) is 0 Å². The number of fused-ring (bicyclic) bond motifs is 1. The second-order valence-corrected chi connectivity index (χ2v) is 8.59. The molecule has 3 rings (SSSR count). The van der Waals surface area contributed by atoms with Gasteiger partial charge in [-0.3, -0.25) is 0 Å². The van der Waals surface area contributed by atoms with E-state index in [0.29, 0.717) is 5.92 Å². The number of rotatable bonds is 3. The number of ether oxygens (including phenoxy) is 2. The zero-order valence-electron chi connectivity index (χ0n) is 16.2. The van der Waals surface area contributed by atoms with Gasteiger partial charge in [-0.05, 0) is 66.2 Å². The summed E-state index contributed by atoms with van der Waals surface area (Å²) >= 11 is 3.73. The van der Waals surface area contributed by atoms with Crippen molar-refractivity contribution >= 4 is 15.9 Å². The van der Waals surface area contributed by atoms with Gasteiger partial charge < -0.3 is 9.47 Å². The van der Waals surface area contributed by atoms with Crippen LogP contribution in [0.15, 0.2) is 28.7 Å². The zero-order chi connectivity index (χ0) is 18.5. The van der Waals surface area contributed by atoms with Crippen molar-refractivity contribution in [1.82, 2.24) is 0 Å². The van der Waals surface area contributed by atoms with E-state index < -0.39 is 0 Å². The molecule has 0 amide bonds. The molecule has 0 bridgehead atoms. The fraction of sp³-hybridized carbons (Fsp3) is 0.455. The Labute approximate surface area is 159 Å². The van der Waals surface area contributed by atoms with Gasteiger partial charge in [-0.15, -0.1) is 0 Å². The average molecular weight is 403 g/mol. The second-order valence-electron chi connectivity index (χ2n) is 7.80. The lowest BCUT2D eigenvalue weighted by Crippen LogP contribution is -2.31. The summed E-state index contributed by atoms with van der Waals surface area (Å²) < 4.78 is 13.1. The van der Waals surface area contributed by atoms with Gasteiger partial charge in [0.1, 0.15) is 17.1 Å². The summed E-state index contributed by atoms with van der Waals surface area (Å²) in [6.07, 6.45) is 0. The lowest BCUT2D eigenvalue weighted by atomic mass is 9.79. The third kappa shape index (κ3) is 2.87. The highest BCUT2D eigenvalue weighted by Gasteiger charge is 2.45. The Morgan fingerprint density at radius 2 is 1.68 bits per heavy atom. The van der Waals surface area contributed by atoms with Crippen LogP contribution in [0.3, 0.4) is 0 Å². The molecule has 1 aliphatic rings. The maximum absolute atomic E-state index is 6.43. The van der Waals surface area contributed by atoms with E-state index in [9.17, 15) is 0 Å². The Morgan fingerprint density at radius 3 is 2.20 bits per heavy atom. The van der Waals surface area contributed by atoms with E-state index in [0.717, 1.165) is 21.5 Å². The third-order valence-electron chi connectivity index (χ3n) is 5.35. The first-order valence-electron chi connectivity index (χ1n) is 8.84. The summed E-state index contributed by atoms with van der Waals surface area (Å²) in [6, 6.07) is 8.98. The highest BCUT2D eigenvalue weighted by Crippen LogP contribution is 2.55.